The Kier molecular flexibility index (Phi) is 3.38. The lowest BCUT2D eigenvalue weighted by atomic mass is 10.3. The number of rotatable bonds is 5. The highest BCUT2D eigenvalue weighted by Gasteiger charge is 2.15. The van der Waals surface area contributed by atoms with Crippen molar-refractivity contribution in [2.45, 2.75) is 19.5 Å². The fourth-order valence-corrected chi connectivity index (χ4v) is 2.27. The Hall–Kier alpha value is -1.89. The highest BCUT2D eigenvalue weighted by molar-refractivity contribution is 7.14. The first kappa shape index (κ1) is 11.6. The van der Waals surface area contributed by atoms with Crippen molar-refractivity contribution in [1.82, 2.24) is 14.5 Å². The Labute approximate surface area is 102 Å². The molecule has 1 atom stereocenters. The Morgan fingerprint density at radius 2 is 2.53 bits per heavy atom. The molecule has 2 aromatic rings. The van der Waals surface area contributed by atoms with Gasteiger partial charge in [-0.25, -0.2) is 14.8 Å². The van der Waals surface area contributed by atoms with Gasteiger partial charge in [0.25, 0.3) is 0 Å². The minimum Gasteiger partial charge on any atom is -0.476 e. The second kappa shape index (κ2) is 4.96. The largest absolute Gasteiger partial charge is 0.476 e. The summed E-state index contributed by atoms with van der Waals surface area (Å²) in [5, 5.41) is 12.6. The summed E-state index contributed by atoms with van der Waals surface area (Å²) in [6.07, 6.45) is 5.30. The van der Waals surface area contributed by atoms with Gasteiger partial charge < -0.3 is 15.0 Å². The van der Waals surface area contributed by atoms with E-state index in [9.17, 15) is 4.79 Å². The molecule has 7 heteroatoms. The van der Waals surface area contributed by atoms with Crippen LogP contribution in [0.2, 0.25) is 0 Å². The van der Waals surface area contributed by atoms with Crippen LogP contribution in [0.5, 0.6) is 0 Å². The maximum absolute atomic E-state index is 10.9. The summed E-state index contributed by atoms with van der Waals surface area (Å²) in [6.45, 7) is 2.70. The van der Waals surface area contributed by atoms with E-state index in [2.05, 4.69) is 15.3 Å². The van der Waals surface area contributed by atoms with Crippen molar-refractivity contribution >= 4 is 22.3 Å². The van der Waals surface area contributed by atoms with Gasteiger partial charge in [0.1, 0.15) is 5.00 Å². The molecule has 90 valence electrons. The number of anilines is 1. The van der Waals surface area contributed by atoms with Gasteiger partial charge >= 0.3 is 5.97 Å². The summed E-state index contributed by atoms with van der Waals surface area (Å²) in [7, 11) is 0. The summed E-state index contributed by atoms with van der Waals surface area (Å²) in [5.74, 6) is -1.01. The van der Waals surface area contributed by atoms with Gasteiger partial charge in [-0.15, -0.1) is 11.3 Å². The molecule has 2 rings (SSSR count). The normalized spacial score (nSPS) is 12.3. The van der Waals surface area contributed by atoms with E-state index in [1.807, 2.05) is 17.7 Å². The summed E-state index contributed by atoms with van der Waals surface area (Å²) in [4.78, 5) is 18.6. The first-order valence-electron chi connectivity index (χ1n) is 5.06. The number of aromatic carboxylic acids is 1. The van der Waals surface area contributed by atoms with Gasteiger partial charge in [-0.05, 0) is 6.92 Å². The number of imidazole rings is 1. The van der Waals surface area contributed by atoms with Gasteiger partial charge in [-0.2, -0.15) is 0 Å². The fraction of sp³-hybridized carbons (Fsp3) is 0.300. The zero-order chi connectivity index (χ0) is 12.3. The lowest BCUT2D eigenvalue weighted by Gasteiger charge is -2.14. The number of thiazole rings is 1. The molecular weight excluding hydrogens is 240 g/mol. The highest BCUT2D eigenvalue weighted by atomic mass is 32.1. The van der Waals surface area contributed by atoms with E-state index in [0.717, 1.165) is 6.54 Å². The van der Waals surface area contributed by atoms with Crippen LogP contribution < -0.4 is 5.32 Å². The molecule has 0 amide bonds. The van der Waals surface area contributed by atoms with E-state index in [-0.39, 0.29) is 11.7 Å². The summed E-state index contributed by atoms with van der Waals surface area (Å²) in [6, 6.07) is 0.0998. The van der Waals surface area contributed by atoms with Crippen LogP contribution in [0.4, 0.5) is 5.00 Å². The van der Waals surface area contributed by atoms with Crippen molar-refractivity contribution in [1.29, 1.82) is 0 Å². The van der Waals surface area contributed by atoms with Gasteiger partial charge in [0.2, 0.25) is 0 Å². The molecule has 0 aliphatic carbocycles. The van der Waals surface area contributed by atoms with E-state index >= 15 is 0 Å². The van der Waals surface area contributed by atoms with Crippen molar-refractivity contribution in [2.75, 3.05) is 5.32 Å². The molecule has 0 aliphatic heterocycles. The molecule has 1 unspecified atom stereocenters. The van der Waals surface area contributed by atoms with E-state index in [0.29, 0.717) is 5.00 Å². The zero-order valence-corrected chi connectivity index (χ0v) is 10.0. The molecular formula is C10H12N4O2S. The number of hydrogen-bond acceptors (Lipinski definition) is 5. The van der Waals surface area contributed by atoms with Gasteiger partial charge in [-0.3, -0.25) is 0 Å². The predicted molar refractivity (Wildman–Crippen MR) is 64.4 cm³/mol. The van der Waals surface area contributed by atoms with E-state index in [4.69, 9.17) is 5.11 Å². The minimum atomic E-state index is -1.01. The molecule has 2 N–H and O–H groups in total. The summed E-state index contributed by atoms with van der Waals surface area (Å²) in [5.41, 5.74) is 1.60. The molecule has 0 aliphatic rings. The molecule has 0 saturated heterocycles. The number of nitrogens with one attached hydrogen (secondary N) is 1. The van der Waals surface area contributed by atoms with E-state index in [1.165, 1.54) is 16.8 Å². The molecule has 0 radical (unpaired) electrons. The van der Waals surface area contributed by atoms with Crippen LogP contribution in [0.1, 0.15) is 17.4 Å². The summed E-state index contributed by atoms with van der Waals surface area (Å²) >= 11 is 1.29. The number of nitrogens with zero attached hydrogens (tertiary/aromatic N) is 3. The number of carboxylic acids is 1. The molecule has 0 spiro atoms. The van der Waals surface area contributed by atoms with Crippen molar-refractivity contribution in [2.24, 2.45) is 0 Å². The standard InChI is InChI=1S/C10H12N4O2S/c1-7(4-14-3-2-11-5-14)13-9-8(10(15)16)12-6-17-9/h2-3,5-7,13H,4H2,1H3,(H,15,16). The van der Waals surface area contributed by atoms with Crippen LogP contribution in [-0.4, -0.2) is 31.7 Å². The Morgan fingerprint density at radius 1 is 1.71 bits per heavy atom. The van der Waals surface area contributed by atoms with Gasteiger partial charge in [0, 0.05) is 25.0 Å². The third-order valence-corrected chi connectivity index (χ3v) is 2.95. The number of hydrogen-bond donors (Lipinski definition) is 2. The van der Waals surface area contributed by atoms with Crippen molar-refractivity contribution in [3.8, 4) is 0 Å². The number of carbonyl (C=O) groups is 1. The average Bonchev–Trinajstić information content (AvgIpc) is 2.88. The van der Waals surface area contributed by atoms with Gasteiger partial charge in [0.15, 0.2) is 5.69 Å². The number of aromatic nitrogens is 3. The molecule has 2 heterocycles. The quantitative estimate of drug-likeness (QED) is 0.843. The van der Waals surface area contributed by atoms with Crippen LogP contribution in [0.25, 0.3) is 0 Å². The SMILES string of the molecule is CC(Cn1ccnc1)Nc1scnc1C(=O)O. The monoisotopic (exact) mass is 252 g/mol. The van der Waals surface area contributed by atoms with Crippen LogP contribution in [0, 0.1) is 0 Å². The van der Waals surface area contributed by atoms with Crippen LogP contribution >= 0.6 is 11.3 Å². The molecule has 6 nitrogen and oxygen atoms in total. The van der Waals surface area contributed by atoms with Crippen LogP contribution in [-0.2, 0) is 6.54 Å². The third kappa shape index (κ3) is 2.82. The van der Waals surface area contributed by atoms with E-state index in [1.54, 1.807) is 12.5 Å². The second-order valence-corrected chi connectivity index (χ2v) is 4.49. The molecule has 0 aromatic carbocycles. The van der Waals surface area contributed by atoms with Crippen LogP contribution in [0.15, 0.2) is 24.2 Å². The maximum Gasteiger partial charge on any atom is 0.357 e. The average molecular weight is 252 g/mol. The summed E-state index contributed by atoms with van der Waals surface area (Å²) < 4.78 is 1.93. The third-order valence-electron chi connectivity index (χ3n) is 2.19. The van der Waals surface area contributed by atoms with Crippen molar-refractivity contribution in [3.63, 3.8) is 0 Å². The van der Waals surface area contributed by atoms with Crippen LogP contribution in [0.3, 0.4) is 0 Å². The highest BCUT2D eigenvalue weighted by Crippen LogP contribution is 2.21. The maximum atomic E-state index is 10.9. The first-order valence-corrected chi connectivity index (χ1v) is 5.94. The zero-order valence-electron chi connectivity index (χ0n) is 9.20. The number of carboxylic acid groups (broad SMARTS) is 1. The minimum absolute atomic E-state index is 0.0764. The first-order chi connectivity index (χ1) is 8.16. The fourth-order valence-electron chi connectivity index (χ4n) is 1.48. The van der Waals surface area contributed by atoms with E-state index < -0.39 is 5.97 Å². The molecule has 0 bridgehead atoms. The van der Waals surface area contributed by atoms with Crippen molar-refractivity contribution in [3.05, 3.63) is 29.9 Å². The molecule has 2 aromatic heterocycles. The Bertz CT molecular complexity index is 494. The second-order valence-electron chi connectivity index (χ2n) is 3.64. The molecule has 17 heavy (non-hydrogen) atoms. The lowest BCUT2D eigenvalue weighted by molar-refractivity contribution is 0.0692. The topological polar surface area (TPSA) is 80.0 Å². The molecule has 0 fully saturated rings. The smallest absolute Gasteiger partial charge is 0.357 e. The Balaban J connectivity index is 2.00. The Morgan fingerprint density at radius 3 is 3.18 bits per heavy atom. The lowest BCUT2D eigenvalue weighted by Crippen LogP contribution is -2.21. The van der Waals surface area contributed by atoms with Crippen molar-refractivity contribution < 1.29 is 9.90 Å². The van der Waals surface area contributed by atoms with Gasteiger partial charge in [-0.1, -0.05) is 0 Å². The van der Waals surface area contributed by atoms with Gasteiger partial charge in [0.05, 0.1) is 11.8 Å². The predicted octanol–water partition coefficient (Wildman–Crippen LogP) is 1.54. The molecule has 0 saturated carbocycles.